The van der Waals surface area contributed by atoms with E-state index in [4.69, 9.17) is 11.1 Å². The Morgan fingerprint density at radius 2 is 2.07 bits per heavy atom. The second-order valence-electron chi connectivity index (χ2n) is 4.86. The lowest BCUT2D eigenvalue weighted by molar-refractivity contribution is 0.230. The van der Waals surface area contributed by atoms with Crippen LogP contribution in [0.5, 0.6) is 0 Å². The fourth-order valence-electron chi connectivity index (χ4n) is 2.38. The monoisotopic (exact) mass is 211 g/mol. The van der Waals surface area contributed by atoms with Crippen molar-refractivity contribution in [2.45, 2.75) is 39.5 Å². The van der Waals surface area contributed by atoms with E-state index < -0.39 is 0 Å². The van der Waals surface area contributed by atoms with Crippen LogP contribution in [0.1, 0.15) is 39.5 Å². The first-order chi connectivity index (χ1) is 7.13. The number of hydrogen-bond acceptors (Lipinski definition) is 2. The standard InChI is InChI=1S/C12H25N3/c1-3-15(8-10(2)12(13)14)9-11-6-4-5-7-11/h10-11H,3-9H2,1-2H3,(H3,13,14). The van der Waals surface area contributed by atoms with Crippen LogP contribution in [0.3, 0.4) is 0 Å². The first-order valence-corrected chi connectivity index (χ1v) is 6.19. The number of hydrogen-bond donors (Lipinski definition) is 2. The molecule has 0 aromatic carbocycles. The van der Waals surface area contributed by atoms with Gasteiger partial charge in [0.15, 0.2) is 0 Å². The van der Waals surface area contributed by atoms with Gasteiger partial charge in [-0.05, 0) is 25.3 Å². The third-order valence-corrected chi connectivity index (χ3v) is 3.50. The average molecular weight is 211 g/mol. The average Bonchev–Trinajstić information content (AvgIpc) is 2.69. The maximum absolute atomic E-state index is 7.40. The molecular formula is C12H25N3. The van der Waals surface area contributed by atoms with Crippen molar-refractivity contribution in [1.29, 1.82) is 5.41 Å². The van der Waals surface area contributed by atoms with Crippen molar-refractivity contribution in [2.24, 2.45) is 17.6 Å². The molecule has 1 atom stereocenters. The zero-order valence-corrected chi connectivity index (χ0v) is 10.1. The molecule has 1 fully saturated rings. The van der Waals surface area contributed by atoms with Gasteiger partial charge in [0.25, 0.3) is 0 Å². The minimum absolute atomic E-state index is 0.200. The zero-order chi connectivity index (χ0) is 11.3. The highest BCUT2D eigenvalue weighted by atomic mass is 15.1. The summed E-state index contributed by atoms with van der Waals surface area (Å²) in [4.78, 5) is 2.45. The Labute approximate surface area is 93.5 Å². The van der Waals surface area contributed by atoms with E-state index in [1.807, 2.05) is 6.92 Å². The number of nitrogens with zero attached hydrogens (tertiary/aromatic N) is 1. The van der Waals surface area contributed by atoms with Gasteiger partial charge in [0, 0.05) is 19.0 Å². The third kappa shape index (κ3) is 4.20. The molecular weight excluding hydrogens is 186 g/mol. The summed E-state index contributed by atoms with van der Waals surface area (Å²) < 4.78 is 0. The predicted molar refractivity (Wildman–Crippen MR) is 65.2 cm³/mol. The minimum Gasteiger partial charge on any atom is -0.387 e. The minimum atomic E-state index is 0.200. The number of nitrogens with one attached hydrogen (secondary N) is 1. The Balaban J connectivity index is 2.31. The summed E-state index contributed by atoms with van der Waals surface area (Å²) >= 11 is 0. The summed E-state index contributed by atoms with van der Waals surface area (Å²) in [5, 5.41) is 7.40. The third-order valence-electron chi connectivity index (χ3n) is 3.50. The molecule has 1 aliphatic rings. The fraction of sp³-hybridized carbons (Fsp3) is 0.917. The van der Waals surface area contributed by atoms with Crippen molar-refractivity contribution in [2.75, 3.05) is 19.6 Å². The fourth-order valence-corrected chi connectivity index (χ4v) is 2.38. The first kappa shape index (κ1) is 12.5. The highest BCUT2D eigenvalue weighted by Crippen LogP contribution is 2.25. The van der Waals surface area contributed by atoms with E-state index in [1.54, 1.807) is 0 Å². The maximum atomic E-state index is 7.40. The van der Waals surface area contributed by atoms with Gasteiger partial charge in [0.2, 0.25) is 0 Å². The van der Waals surface area contributed by atoms with Gasteiger partial charge < -0.3 is 10.6 Å². The van der Waals surface area contributed by atoms with Gasteiger partial charge in [-0.15, -0.1) is 0 Å². The van der Waals surface area contributed by atoms with Crippen molar-refractivity contribution in [1.82, 2.24) is 4.90 Å². The molecule has 15 heavy (non-hydrogen) atoms. The van der Waals surface area contributed by atoms with E-state index in [-0.39, 0.29) is 5.92 Å². The van der Waals surface area contributed by atoms with Gasteiger partial charge in [-0.2, -0.15) is 0 Å². The largest absolute Gasteiger partial charge is 0.387 e. The second-order valence-corrected chi connectivity index (χ2v) is 4.86. The molecule has 0 radical (unpaired) electrons. The lowest BCUT2D eigenvalue weighted by Crippen LogP contribution is -2.36. The molecule has 3 heteroatoms. The first-order valence-electron chi connectivity index (χ1n) is 6.19. The van der Waals surface area contributed by atoms with Gasteiger partial charge in [0.05, 0.1) is 5.84 Å². The highest BCUT2D eigenvalue weighted by Gasteiger charge is 2.19. The number of rotatable bonds is 6. The van der Waals surface area contributed by atoms with Crippen LogP contribution in [0, 0.1) is 17.2 Å². The Bertz CT molecular complexity index is 197. The maximum Gasteiger partial charge on any atom is 0.0947 e. The second kappa shape index (κ2) is 6.11. The molecule has 0 saturated heterocycles. The molecule has 1 aliphatic carbocycles. The molecule has 0 aliphatic heterocycles. The molecule has 1 saturated carbocycles. The molecule has 3 N–H and O–H groups in total. The molecule has 0 heterocycles. The van der Waals surface area contributed by atoms with Gasteiger partial charge in [-0.25, -0.2) is 0 Å². The Morgan fingerprint density at radius 1 is 1.47 bits per heavy atom. The molecule has 0 spiro atoms. The van der Waals surface area contributed by atoms with E-state index in [0.29, 0.717) is 5.84 Å². The van der Waals surface area contributed by atoms with Crippen molar-refractivity contribution in [3.63, 3.8) is 0 Å². The molecule has 0 bridgehead atoms. The van der Waals surface area contributed by atoms with Crippen molar-refractivity contribution in [3.05, 3.63) is 0 Å². The molecule has 0 amide bonds. The summed E-state index contributed by atoms with van der Waals surface area (Å²) in [5.41, 5.74) is 5.50. The highest BCUT2D eigenvalue weighted by molar-refractivity contribution is 5.79. The lowest BCUT2D eigenvalue weighted by Gasteiger charge is -2.26. The smallest absolute Gasteiger partial charge is 0.0947 e. The topological polar surface area (TPSA) is 53.1 Å². The predicted octanol–water partition coefficient (Wildman–Crippen LogP) is 2.07. The Hall–Kier alpha value is -0.570. The van der Waals surface area contributed by atoms with Crippen molar-refractivity contribution in [3.8, 4) is 0 Å². The van der Waals surface area contributed by atoms with E-state index in [2.05, 4.69) is 11.8 Å². The lowest BCUT2D eigenvalue weighted by atomic mass is 10.1. The molecule has 1 unspecified atom stereocenters. The number of amidine groups is 1. The summed E-state index contributed by atoms with van der Waals surface area (Å²) in [6.07, 6.45) is 5.60. The van der Waals surface area contributed by atoms with E-state index in [9.17, 15) is 0 Å². The molecule has 0 aromatic rings. The Kier molecular flexibility index (Phi) is 5.09. The van der Waals surface area contributed by atoms with Crippen LogP contribution >= 0.6 is 0 Å². The van der Waals surface area contributed by atoms with Crippen LogP contribution in [0.15, 0.2) is 0 Å². The summed E-state index contributed by atoms with van der Waals surface area (Å²) in [5.74, 6) is 1.41. The van der Waals surface area contributed by atoms with Gasteiger partial charge in [-0.1, -0.05) is 26.7 Å². The van der Waals surface area contributed by atoms with Gasteiger partial charge >= 0.3 is 0 Å². The molecule has 1 rings (SSSR count). The van der Waals surface area contributed by atoms with Crippen LogP contribution in [0.4, 0.5) is 0 Å². The quantitative estimate of drug-likeness (QED) is 0.522. The normalized spacial score (nSPS) is 19.7. The number of nitrogens with two attached hydrogens (primary N) is 1. The zero-order valence-electron chi connectivity index (χ0n) is 10.1. The SMILES string of the molecule is CCN(CC1CCCC1)CC(C)C(=N)N. The molecule has 0 aromatic heterocycles. The molecule has 88 valence electrons. The van der Waals surface area contributed by atoms with Gasteiger partial charge in [0.1, 0.15) is 0 Å². The summed E-state index contributed by atoms with van der Waals surface area (Å²) in [7, 11) is 0. The van der Waals surface area contributed by atoms with E-state index in [1.165, 1.54) is 32.2 Å². The summed E-state index contributed by atoms with van der Waals surface area (Å²) in [6, 6.07) is 0. The molecule has 3 nitrogen and oxygen atoms in total. The van der Waals surface area contributed by atoms with E-state index >= 15 is 0 Å². The van der Waals surface area contributed by atoms with Crippen LogP contribution in [0.25, 0.3) is 0 Å². The van der Waals surface area contributed by atoms with E-state index in [0.717, 1.165) is 19.0 Å². The van der Waals surface area contributed by atoms with Crippen molar-refractivity contribution < 1.29 is 0 Å². The summed E-state index contributed by atoms with van der Waals surface area (Å²) in [6.45, 7) is 7.46. The Morgan fingerprint density at radius 3 is 2.53 bits per heavy atom. The van der Waals surface area contributed by atoms with Crippen LogP contribution in [-0.4, -0.2) is 30.4 Å². The van der Waals surface area contributed by atoms with Crippen LogP contribution in [0.2, 0.25) is 0 Å². The van der Waals surface area contributed by atoms with Gasteiger partial charge in [-0.3, -0.25) is 5.41 Å². The van der Waals surface area contributed by atoms with Crippen LogP contribution in [-0.2, 0) is 0 Å². The van der Waals surface area contributed by atoms with Crippen molar-refractivity contribution >= 4 is 5.84 Å². The van der Waals surface area contributed by atoms with Crippen LogP contribution < -0.4 is 5.73 Å².